The van der Waals surface area contributed by atoms with Crippen molar-refractivity contribution in [2.75, 3.05) is 13.1 Å². The number of rotatable bonds is 7. The van der Waals surface area contributed by atoms with Crippen LogP contribution in [0.2, 0.25) is 0 Å². The molecular weight excluding hydrogens is 236 g/mol. The third kappa shape index (κ3) is 4.03. The van der Waals surface area contributed by atoms with Crippen molar-refractivity contribution in [3.8, 4) is 0 Å². The fraction of sp³-hybridized carbons (Fsp3) is 0.867. The summed E-state index contributed by atoms with van der Waals surface area (Å²) in [7, 11) is 0. The third-order valence-corrected chi connectivity index (χ3v) is 4.22. The Balaban J connectivity index is 1.85. The summed E-state index contributed by atoms with van der Waals surface area (Å²) in [6.45, 7) is 9.90. The summed E-state index contributed by atoms with van der Waals surface area (Å²) < 4.78 is 2.04. The molecule has 2 unspecified atom stereocenters. The lowest BCUT2D eigenvalue weighted by Gasteiger charge is -2.20. The van der Waals surface area contributed by atoms with E-state index in [9.17, 15) is 0 Å². The summed E-state index contributed by atoms with van der Waals surface area (Å²) in [6, 6.07) is 0. The van der Waals surface area contributed by atoms with Crippen LogP contribution < -0.4 is 5.32 Å². The van der Waals surface area contributed by atoms with Gasteiger partial charge in [-0.3, -0.25) is 4.68 Å². The van der Waals surface area contributed by atoms with Crippen molar-refractivity contribution >= 4 is 0 Å². The van der Waals surface area contributed by atoms with E-state index in [4.69, 9.17) is 0 Å². The molecule has 0 spiro atoms. The Bertz CT molecular complexity index is 372. The number of nitrogens with zero attached hydrogens (tertiary/aromatic N) is 3. The van der Waals surface area contributed by atoms with Gasteiger partial charge in [-0.15, -0.1) is 0 Å². The van der Waals surface area contributed by atoms with Crippen LogP contribution in [0.5, 0.6) is 0 Å². The van der Waals surface area contributed by atoms with E-state index in [0.29, 0.717) is 0 Å². The highest BCUT2D eigenvalue weighted by Gasteiger charge is 2.28. The molecule has 108 valence electrons. The van der Waals surface area contributed by atoms with Gasteiger partial charge in [0.1, 0.15) is 12.2 Å². The zero-order valence-corrected chi connectivity index (χ0v) is 12.6. The molecular formula is C15H28N4. The van der Waals surface area contributed by atoms with Crippen LogP contribution in [0.4, 0.5) is 0 Å². The maximum Gasteiger partial charge on any atom is 0.138 e. The Kier molecular flexibility index (Phi) is 5.37. The Morgan fingerprint density at radius 1 is 1.37 bits per heavy atom. The number of hydrogen-bond acceptors (Lipinski definition) is 3. The molecule has 1 aliphatic rings. The Hall–Kier alpha value is -0.900. The molecule has 1 aliphatic carbocycles. The lowest BCUT2D eigenvalue weighted by Crippen LogP contribution is -2.29. The molecule has 0 aliphatic heterocycles. The van der Waals surface area contributed by atoms with Crippen LogP contribution in [0.25, 0.3) is 0 Å². The molecule has 0 radical (unpaired) electrons. The third-order valence-electron chi connectivity index (χ3n) is 4.22. The van der Waals surface area contributed by atoms with Crippen LogP contribution in [-0.2, 0) is 13.0 Å². The van der Waals surface area contributed by atoms with E-state index in [2.05, 4.69) is 36.2 Å². The summed E-state index contributed by atoms with van der Waals surface area (Å²) in [5.41, 5.74) is 0. The van der Waals surface area contributed by atoms with E-state index in [1.807, 2.05) is 4.68 Å². The molecule has 1 N–H and O–H groups in total. The fourth-order valence-electron chi connectivity index (χ4n) is 3.15. The first kappa shape index (κ1) is 14.5. The van der Waals surface area contributed by atoms with Crippen LogP contribution in [0.3, 0.4) is 0 Å². The molecule has 1 aromatic rings. The molecule has 0 aromatic carbocycles. The normalized spacial score (nSPS) is 23.4. The minimum Gasteiger partial charge on any atom is -0.316 e. The van der Waals surface area contributed by atoms with E-state index in [1.54, 1.807) is 6.33 Å². The molecule has 4 heteroatoms. The number of aromatic nitrogens is 3. The molecule has 1 heterocycles. The molecule has 0 bridgehead atoms. The second-order valence-corrected chi connectivity index (χ2v) is 6.20. The van der Waals surface area contributed by atoms with Gasteiger partial charge in [-0.05, 0) is 50.6 Å². The lowest BCUT2D eigenvalue weighted by atomic mass is 9.92. The van der Waals surface area contributed by atoms with Gasteiger partial charge < -0.3 is 5.32 Å². The quantitative estimate of drug-likeness (QED) is 0.823. The Morgan fingerprint density at radius 3 is 2.89 bits per heavy atom. The number of aryl methyl sites for hydroxylation is 1. The molecule has 4 nitrogen and oxygen atoms in total. The maximum atomic E-state index is 4.42. The van der Waals surface area contributed by atoms with Crippen molar-refractivity contribution < 1.29 is 0 Å². The Morgan fingerprint density at radius 2 is 2.16 bits per heavy atom. The van der Waals surface area contributed by atoms with E-state index in [-0.39, 0.29) is 0 Å². The lowest BCUT2D eigenvalue weighted by molar-refractivity contribution is 0.348. The van der Waals surface area contributed by atoms with E-state index in [0.717, 1.165) is 37.3 Å². The highest BCUT2D eigenvalue weighted by Crippen LogP contribution is 2.33. The summed E-state index contributed by atoms with van der Waals surface area (Å²) >= 11 is 0. The van der Waals surface area contributed by atoms with Gasteiger partial charge in [0.05, 0.1) is 0 Å². The van der Waals surface area contributed by atoms with Crippen molar-refractivity contribution in [3.63, 3.8) is 0 Å². The first-order chi connectivity index (χ1) is 9.20. The SMILES string of the molecule is CCn1ncnc1CC1CCCC1CNCC(C)C. The molecule has 2 atom stereocenters. The largest absolute Gasteiger partial charge is 0.316 e. The molecule has 1 fully saturated rings. The first-order valence-electron chi connectivity index (χ1n) is 7.78. The number of nitrogens with one attached hydrogen (secondary N) is 1. The zero-order chi connectivity index (χ0) is 13.7. The van der Waals surface area contributed by atoms with E-state index in [1.165, 1.54) is 31.6 Å². The van der Waals surface area contributed by atoms with E-state index < -0.39 is 0 Å². The highest BCUT2D eigenvalue weighted by molar-refractivity contribution is 4.91. The molecule has 1 saturated carbocycles. The summed E-state index contributed by atoms with van der Waals surface area (Å²) in [5, 5.41) is 7.90. The summed E-state index contributed by atoms with van der Waals surface area (Å²) in [5.74, 6) is 3.52. The Labute approximate surface area is 117 Å². The predicted molar refractivity (Wildman–Crippen MR) is 77.9 cm³/mol. The van der Waals surface area contributed by atoms with Crippen LogP contribution in [0, 0.1) is 17.8 Å². The topological polar surface area (TPSA) is 42.7 Å². The van der Waals surface area contributed by atoms with Gasteiger partial charge in [0, 0.05) is 13.0 Å². The van der Waals surface area contributed by atoms with Gasteiger partial charge in [-0.2, -0.15) is 5.10 Å². The number of hydrogen-bond donors (Lipinski definition) is 1. The molecule has 0 saturated heterocycles. The van der Waals surface area contributed by atoms with Crippen LogP contribution in [0.15, 0.2) is 6.33 Å². The van der Waals surface area contributed by atoms with E-state index >= 15 is 0 Å². The van der Waals surface area contributed by atoms with Crippen LogP contribution in [-0.4, -0.2) is 27.9 Å². The van der Waals surface area contributed by atoms with Crippen molar-refractivity contribution in [2.45, 2.75) is 53.0 Å². The smallest absolute Gasteiger partial charge is 0.138 e. The monoisotopic (exact) mass is 264 g/mol. The average molecular weight is 264 g/mol. The van der Waals surface area contributed by atoms with Gasteiger partial charge in [-0.1, -0.05) is 20.3 Å². The van der Waals surface area contributed by atoms with Crippen LogP contribution in [0.1, 0.15) is 45.9 Å². The molecule has 0 amide bonds. The predicted octanol–water partition coefficient (Wildman–Crippen LogP) is 2.50. The van der Waals surface area contributed by atoms with Gasteiger partial charge in [0.25, 0.3) is 0 Å². The highest BCUT2D eigenvalue weighted by atomic mass is 15.3. The zero-order valence-electron chi connectivity index (χ0n) is 12.6. The van der Waals surface area contributed by atoms with Gasteiger partial charge in [0.2, 0.25) is 0 Å². The van der Waals surface area contributed by atoms with Crippen molar-refractivity contribution in [1.29, 1.82) is 0 Å². The maximum absolute atomic E-state index is 4.42. The second kappa shape index (κ2) is 7.04. The standard InChI is InChI=1S/C15H28N4/c1-4-19-15(17-11-18-19)8-13-6-5-7-14(13)10-16-9-12(2)3/h11-14,16H,4-10H2,1-3H3. The minimum atomic E-state index is 0.739. The van der Waals surface area contributed by atoms with Crippen LogP contribution >= 0.6 is 0 Å². The van der Waals surface area contributed by atoms with Crippen molar-refractivity contribution in [2.24, 2.45) is 17.8 Å². The molecule has 1 aromatic heterocycles. The summed E-state index contributed by atoms with van der Waals surface area (Å²) in [6.07, 6.45) is 6.89. The fourth-order valence-corrected chi connectivity index (χ4v) is 3.15. The van der Waals surface area contributed by atoms with Crippen molar-refractivity contribution in [3.05, 3.63) is 12.2 Å². The van der Waals surface area contributed by atoms with Crippen molar-refractivity contribution in [1.82, 2.24) is 20.1 Å². The van der Waals surface area contributed by atoms with Gasteiger partial charge >= 0.3 is 0 Å². The van der Waals surface area contributed by atoms with Gasteiger partial charge in [-0.25, -0.2) is 4.98 Å². The average Bonchev–Trinajstić information content (AvgIpc) is 2.99. The minimum absolute atomic E-state index is 0.739. The molecule has 2 rings (SSSR count). The second-order valence-electron chi connectivity index (χ2n) is 6.20. The summed E-state index contributed by atoms with van der Waals surface area (Å²) in [4.78, 5) is 4.42. The molecule has 19 heavy (non-hydrogen) atoms. The van der Waals surface area contributed by atoms with Gasteiger partial charge in [0.15, 0.2) is 0 Å². The first-order valence-corrected chi connectivity index (χ1v) is 7.78.